The molecular formula is C24H24ClN3O4S. The SMILES string of the molecule is Cc1ccc(S(=O)(=O)Nc2ccc(N3CCN(c4cccc(Cl)c4)CC3)c(C(=O)O)c2)cc1. The average Bonchev–Trinajstić information content (AvgIpc) is 2.79. The van der Waals surface area contributed by atoms with Gasteiger partial charge in [0, 0.05) is 42.6 Å². The van der Waals surface area contributed by atoms with Gasteiger partial charge in [-0.1, -0.05) is 35.4 Å². The van der Waals surface area contributed by atoms with Gasteiger partial charge in [-0.2, -0.15) is 0 Å². The van der Waals surface area contributed by atoms with Gasteiger partial charge in [-0.15, -0.1) is 0 Å². The molecule has 0 atom stereocenters. The lowest BCUT2D eigenvalue weighted by molar-refractivity contribution is 0.0697. The quantitative estimate of drug-likeness (QED) is 0.535. The molecule has 1 aliphatic heterocycles. The van der Waals surface area contributed by atoms with E-state index in [4.69, 9.17) is 11.6 Å². The first-order valence-electron chi connectivity index (χ1n) is 10.5. The van der Waals surface area contributed by atoms with E-state index in [0.29, 0.717) is 36.9 Å². The van der Waals surface area contributed by atoms with E-state index >= 15 is 0 Å². The zero-order valence-corrected chi connectivity index (χ0v) is 19.6. The van der Waals surface area contributed by atoms with Gasteiger partial charge in [0.15, 0.2) is 0 Å². The van der Waals surface area contributed by atoms with Gasteiger partial charge in [-0.05, 0) is 55.5 Å². The van der Waals surface area contributed by atoms with Crippen LogP contribution in [-0.4, -0.2) is 45.7 Å². The van der Waals surface area contributed by atoms with Crippen LogP contribution in [0.1, 0.15) is 15.9 Å². The molecule has 172 valence electrons. The number of aryl methyl sites for hydroxylation is 1. The van der Waals surface area contributed by atoms with Gasteiger partial charge in [0.1, 0.15) is 0 Å². The lowest BCUT2D eigenvalue weighted by Gasteiger charge is -2.38. The Bertz CT molecular complexity index is 1270. The zero-order valence-electron chi connectivity index (χ0n) is 18.0. The van der Waals surface area contributed by atoms with Gasteiger partial charge in [-0.3, -0.25) is 4.72 Å². The van der Waals surface area contributed by atoms with E-state index in [1.54, 1.807) is 24.3 Å². The highest BCUT2D eigenvalue weighted by Crippen LogP contribution is 2.28. The number of carboxylic acid groups (broad SMARTS) is 1. The molecule has 1 saturated heterocycles. The van der Waals surface area contributed by atoms with Crippen molar-refractivity contribution in [1.29, 1.82) is 0 Å². The van der Waals surface area contributed by atoms with Crippen molar-refractivity contribution in [2.75, 3.05) is 40.7 Å². The minimum absolute atomic E-state index is 0.0512. The second-order valence-corrected chi connectivity index (χ2v) is 10.0. The molecule has 33 heavy (non-hydrogen) atoms. The third-order valence-corrected chi connectivity index (χ3v) is 7.24. The molecule has 0 spiro atoms. The number of sulfonamides is 1. The van der Waals surface area contributed by atoms with Gasteiger partial charge < -0.3 is 14.9 Å². The standard InChI is InChI=1S/C24H24ClN3O4S/c1-17-5-8-21(9-6-17)33(31,32)26-19-7-10-23(22(16-19)24(29)30)28-13-11-27(12-14-28)20-4-2-3-18(25)15-20/h2-10,15-16,26H,11-14H2,1H3,(H,29,30). The van der Waals surface area contributed by atoms with Crippen molar-refractivity contribution in [3.8, 4) is 0 Å². The number of rotatable bonds is 6. The summed E-state index contributed by atoms with van der Waals surface area (Å²) in [6.45, 7) is 4.54. The second kappa shape index (κ2) is 9.33. The van der Waals surface area contributed by atoms with Crippen molar-refractivity contribution in [2.24, 2.45) is 0 Å². The van der Waals surface area contributed by atoms with Gasteiger partial charge in [0.25, 0.3) is 10.0 Å². The van der Waals surface area contributed by atoms with Crippen molar-refractivity contribution < 1.29 is 18.3 Å². The predicted molar refractivity (Wildman–Crippen MR) is 131 cm³/mol. The smallest absolute Gasteiger partial charge is 0.337 e. The maximum atomic E-state index is 12.7. The molecule has 3 aromatic rings. The Morgan fingerprint density at radius 3 is 2.24 bits per heavy atom. The third-order valence-electron chi connectivity index (χ3n) is 5.60. The molecule has 0 aromatic heterocycles. The second-order valence-electron chi connectivity index (χ2n) is 7.91. The predicted octanol–water partition coefficient (Wildman–Crippen LogP) is 4.47. The van der Waals surface area contributed by atoms with E-state index in [2.05, 4.69) is 9.62 Å². The third kappa shape index (κ3) is 5.23. The molecule has 2 N–H and O–H groups in total. The van der Waals surface area contributed by atoms with Gasteiger partial charge in [0.2, 0.25) is 0 Å². The number of aromatic carboxylic acids is 1. The van der Waals surface area contributed by atoms with E-state index in [0.717, 1.165) is 11.3 Å². The largest absolute Gasteiger partial charge is 0.478 e. The topological polar surface area (TPSA) is 90.0 Å². The van der Waals surface area contributed by atoms with Crippen LogP contribution < -0.4 is 14.5 Å². The summed E-state index contributed by atoms with van der Waals surface area (Å²) in [6.07, 6.45) is 0. The Labute approximate surface area is 198 Å². The number of carboxylic acids is 1. The summed E-state index contributed by atoms with van der Waals surface area (Å²) in [6, 6.07) is 18.7. The van der Waals surface area contributed by atoms with Crippen LogP contribution in [0.2, 0.25) is 5.02 Å². The number of hydrogen-bond acceptors (Lipinski definition) is 5. The van der Waals surface area contributed by atoms with E-state index in [-0.39, 0.29) is 16.1 Å². The van der Waals surface area contributed by atoms with E-state index in [1.807, 2.05) is 36.1 Å². The Hall–Kier alpha value is -3.23. The molecule has 0 radical (unpaired) electrons. The normalized spacial score (nSPS) is 14.2. The lowest BCUT2D eigenvalue weighted by Crippen LogP contribution is -2.47. The molecule has 1 heterocycles. The molecule has 3 aromatic carbocycles. The summed E-state index contributed by atoms with van der Waals surface area (Å²) in [7, 11) is -3.83. The fraction of sp³-hybridized carbons (Fsp3) is 0.208. The molecule has 1 aliphatic rings. The molecule has 4 rings (SSSR count). The first-order chi connectivity index (χ1) is 15.7. The Morgan fingerprint density at radius 2 is 1.61 bits per heavy atom. The zero-order chi connectivity index (χ0) is 23.6. The number of anilines is 3. The fourth-order valence-electron chi connectivity index (χ4n) is 3.86. The first kappa shape index (κ1) is 22.9. The van der Waals surface area contributed by atoms with Crippen LogP contribution in [0.3, 0.4) is 0 Å². The van der Waals surface area contributed by atoms with Crippen molar-refractivity contribution >= 4 is 44.7 Å². The van der Waals surface area contributed by atoms with Crippen molar-refractivity contribution in [3.05, 3.63) is 82.9 Å². The number of nitrogens with zero attached hydrogens (tertiary/aromatic N) is 2. The number of carbonyl (C=O) groups is 1. The molecule has 0 saturated carbocycles. The van der Waals surface area contributed by atoms with Gasteiger partial charge in [-0.25, -0.2) is 13.2 Å². The molecule has 9 heteroatoms. The molecule has 0 aliphatic carbocycles. The minimum Gasteiger partial charge on any atom is -0.478 e. The maximum Gasteiger partial charge on any atom is 0.337 e. The molecule has 0 bridgehead atoms. The molecule has 0 amide bonds. The summed E-state index contributed by atoms with van der Waals surface area (Å²) < 4.78 is 27.9. The number of halogens is 1. The molecule has 7 nitrogen and oxygen atoms in total. The van der Waals surface area contributed by atoms with E-state index in [1.165, 1.54) is 18.2 Å². The summed E-state index contributed by atoms with van der Waals surface area (Å²) in [4.78, 5) is 16.3. The number of benzene rings is 3. The van der Waals surface area contributed by atoms with Crippen LogP contribution in [0.5, 0.6) is 0 Å². The maximum absolute atomic E-state index is 12.7. The van der Waals surface area contributed by atoms with E-state index < -0.39 is 16.0 Å². The monoisotopic (exact) mass is 485 g/mol. The van der Waals surface area contributed by atoms with Crippen molar-refractivity contribution in [2.45, 2.75) is 11.8 Å². The van der Waals surface area contributed by atoms with Crippen LogP contribution >= 0.6 is 11.6 Å². The van der Waals surface area contributed by atoms with Crippen LogP contribution in [0, 0.1) is 6.92 Å². The van der Waals surface area contributed by atoms with Crippen LogP contribution in [-0.2, 0) is 10.0 Å². The fourth-order valence-corrected chi connectivity index (χ4v) is 5.09. The van der Waals surface area contributed by atoms with Crippen LogP contribution in [0.25, 0.3) is 0 Å². The number of piperazine rings is 1. The summed E-state index contributed by atoms with van der Waals surface area (Å²) >= 11 is 6.10. The van der Waals surface area contributed by atoms with Crippen LogP contribution in [0.15, 0.2) is 71.6 Å². The highest BCUT2D eigenvalue weighted by atomic mass is 35.5. The lowest BCUT2D eigenvalue weighted by atomic mass is 10.1. The van der Waals surface area contributed by atoms with Crippen molar-refractivity contribution in [1.82, 2.24) is 0 Å². The highest BCUT2D eigenvalue weighted by Gasteiger charge is 2.23. The Balaban J connectivity index is 1.52. The minimum atomic E-state index is -3.83. The van der Waals surface area contributed by atoms with Gasteiger partial charge in [0.05, 0.1) is 16.1 Å². The van der Waals surface area contributed by atoms with Crippen LogP contribution in [0.4, 0.5) is 17.1 Å². The molecule has 1 fully saturated rings. The number of nitrogens with one attached hydrogen (secondary N) is 1. The summed E-state index contributed by atoms with van der Waals surface area (Å²) in [5, 5.41) is 10.5. The average molecular weight is 486 g/mol. The first-order valence-corrected chi connectivity index (χ1v) is 12.3. The Kier molecular flexibility index (Phi) is 6.49. The molecular weight excluding hydrogens is 462 g/mol. The van der Waals surface area contributed by atoms with Crippen molar-refractivity contribution in [3.63, 3.8) is 0 Å². The Morgan fingerprint density at radius 1 is 0.939 bits per heavy atom. The highest BCUT2D eigenvalue weighted by molar-refractivity contribution is 7.92. The molecule has 0 unspecified atom stereocenters. The summed E-state index contributed by atoms with van der Waals surface area (Å²) in [5.41, 5.74) is 2.79. The summed E-state index contributed by atoms with van der Waals surface area (Å²) in [5.74, 6) is -1.11. The van der Waals surface area contributed by atoms with Gasteiger partial charge >= 0.3 is 5.97 Å². The van der Waals surface area contributed by atoms with E-state index in [9.17, 15) is 18.3 Å². The number of hydrogen-bond donors (Lipinski definition) is 2.